The summed E-state index contributed by atoms with van der Waals surface area (Å²) in [6, 6.07) is 2.02. The highest BCUT2D eigenvalue weighted by Gasteiger charge is 2.11. The largest absolute Gasteiger partial charge is 0.379 e. The summed E-state index contributed by atoms with van der Waals surface area (Å²) in [4.78, 5) is 0. The van der Waals surface area contributed by atoms with Crippen LogP contribution in [0.3, 0.4) is 0 Å². The fourth-order valence-corrected chi connectivity index (χ4v) is 0.995. The normalized spacial score (nSPS) is 22.5. The van der Waals surface area contributed by atoms with Crippen molar-refractivity contribution in [3.8, 4) is 6.07 Å². The van der Waals surface area contributed by atoms with Gasteiger partial charge >= 0.3 is 0 Å². The molecule has 1 fully saturated rings. The maximum atomic E-state index is 8.50. The first-order valence-corrected chi connectivity index (χ1v) is 3.81. The van der Waals surface area contributed by atoms with E-state index in [4.69, 9.17) is 10.00 Å². The van der Waals surface area contributed by atoms with Crippen LogP contribution in [0.15, 0.2) is 0 Å². The van der Waals surface area contributed by atoms with Crippen molar-refractivity contribution in [3.63, 3.8) is 0 Å². The molecule has 11 heavy (non-hydrogen) atoms. The zero-order chi connectivity index (χ0) is 8.10. The Morgan fingerprint density at radius 1 is 1.55 bits per heavy atom. The molecular weight excluding hydrogens is 142 g/mol. The first-order chi connectivity index (χ1) is 5.33. The van der Waals surface area contributed by atoms with Crippen molar-refractivity contribution >= 4 is 0 Å². The molecule has 0 bridgehead atoms. The van der Waals surface area contributed by atoms with Gasteiger partial charge in [0.25, 0.3) is 0 Å². The van der Waals surface area contributed by atoms with E-state index in [1.54, 1.807) is 0 Å². The van der Waals surface area contributed by atoms with Gasteiger partial charge in [-0.2, -0.15) is 5.26 Å². The molecule has 62 valence electrons. The molecule has 1 rings (SSSR count). The maximum Gasteiger partial charge on any atom is 0.105 e. The van der Waals surface area contributed by atoms with Crippen molar-refractivity contribution in [2.75, 3.05) is 26.3 Å². The lowest BCUT2D eigenvalue weighted by Gasteiger charge is -2.28. The van der Waals surface area contributed by atoms with Crippen LogP contribution in [0.2, 0.25) is 0 Å². The number of hydrogen-bond acceptors (Lipinski definition) is 4. The lowest BCUT2D eigenvalue weighted by atomic mass is 10.4. The molecule has 1 unspecified atom stereocenters. The third-order valence-electron chi connectivity index (χ3n) is 1.58. The van der Waals surface area contributed by atoms with Crippen molar-refractivity contribution in [2.45, 2.75) is 13.0 Å². The molecule has 1 N–H and O–H groups in total. The van der Waals surface area contributed by atoms with Crippen LogP contribution in [-0.4, -0.2) is 37.4 Å². The average Bonchev–Trinajstić information content (AvgIpc) is 2.06. The molecule has 0 aromatic carbocycles. The second kappa shape index (κ2) is 4.29. The van der Waals surface area contributed by atoms with Crippen LogP contribution in [-0.2, 0) is 4.74 Å². The first kappa shape index (κ1) is 8.47. The summed E-state index contributed by atoms with van der Waals surface area (Å²) >= 11 is 0. The monoisotopic (exact) mass is 155 g/mol. The minimum absolute atomic E-state index is 0.104. The molecule has 1 heterocycles. The second-order valence-corrected chi connectivity index (χ2v) is 2.58. The first-order valence-electron chi connectivity index (χ1n) is 3.81. The summed E-state index contributed by atoms with van der Waals surface area (Å²) < 4.78 is 5.15. The molecule has 1 atom stereocenters. The Hall–Kier alpha value is -0.630. The predicted molar refractivity (Wildman–Crippen MR) is 40.6 cm³/mol. The van der Waals surface area contributed by atoms with Gasteiger partial charge in [-0.3, -0.25) is 0 Å². The third kappa shape index (κ3) is 2.85. The Bertz CT molecular complexity index is 148. The van der Waals surface area contributed by atoms with Gasteiger partial charge in [-0.1, -0.05) is 0 Å². The summed E-state index contributed by atoms with van der Waals surface area (Å²) in [5, 5.41) is 10.5. The highest BCUT2D eigenvalue weighted by molar-refractivity contribution is 4.84. The number of hydrogen-bond donors (Lipinski definition) is 1. The molecule has 0 radical (unpaired) electrons. The molecule has 0 saturated carbocycles. The fraction of sp³-hybridized carbons (Fsp3) is 0.857. The van der Waals surface area contributed by atoms with E-state index in [0.717, 1.165) is 26.3 Å². The van der Waals surface area contributed by atoms with Crippen LogP contribution in [0.25, 0.3) is 0 Å². The Morgan fingerprint density at radius 3 is 2.73 bits per heavy atom. The van der Waals surface area contributed by atoms with E-state index in [9.17, 15) is 0 Å². The molecule has 0 amide bonds. The highest BCUT2D eigenvalue weighted by atomic mass is 16.5. The third-order valence-corrected chi connectivity index (χ3v) is 1.58. The fourth-order valence-electron chi connectivity index (χ4n) is 0.995. The summed E-state index contributed by atoms with van der Waals surface area (Å²) in [6.45, 7) is 5.09. The SMILES string of the molecule is CC(C#N)NN1CCOCC1. The minimum Gasteiger partial charge on any atom is -0.379 e. The topological polar surface area (TPSA) is 48.3 Å². The molecule has 0 spiro atoms. The van der Waals surface area contributed by atoms with Gasteiger partial charge in [0, 0.05) is 13.1 Å². The molecule has 1 aliphatic heterocycles. The molecule has 4 nitrogen and oxygen atoms in total. The van der Waals surface area contributed by atoms with Crippen molar-refractivity contribution in [1.29, 1.82) is 5.26 Å². The Morgan fingerprint density at radius 2 is 2.18 bits per heavy atom. The molecule has 4 heteroatoms. The number of hydrazine groups is 1. The number of nitriles is 1. The number of morpholine rings is 1. The molecule has 1 saturated heterocycles. The van der Waals surface area contributed by atoms with Crippen molar-refractivity contribution in [1.82, 2.24) is 10.4 Å². The number of ether oxygens (including phenoxy) is 1. The Balaban J connectivity index is 2.20. The number of nitrogens with zero attached hydrogens (tertiary/aromatic N) is 2. The quantitative estimate of drug-likeness (QED) is 0.596. The second-order valence-electron chi connectivity index (χ2n) is 2.58. The Labute approximate surface area is 66.7 Å². The van der Waals surface area contributed by atoms with Gasteiger partial charge in [0.1, 0.15) is 6.04 Å². The summed E-state index contributed by atoms with van der Waals surface area (Å²) in [5.74, 6) is 0. The van der Waals surface area contributed by atoms with Crippen LogP contribution in [0.4, 0.5) is 0 Å². The zero-order valence-corrected chi connectivity index (χ0v) is 6.71. The van der Waals surface area contributed by atoms with Gasteiger partial charge in [0.2, 0.25) is 0 Å². The van der Waals surface area contributed by atoms with E-state index in [1.807, 2.05) is 11.9 Å². The molecule has 0 aromatic rings. The molecule has 0 aromatic heterocycles. The van der Waals surface area contributed by atoms with Crippen LogP contribution >= 0.6 is 0 Å². The predicted octanol–water partition coefficient (Wildman–Crippen LogP) is -0.265. The van der Waals surface area contributed by atoms with Gasteiger partial charge in [-0.25, -0.2) is 10.4 Å². The molecule has 1 aliphatic rings. The van der Waals surface area contributed by atoms with E-state index in [1.165, 1.54) is 0 Å². The number of nitrogens with one attached hydrogen (secondary N) is 1. The van der Waals surface area contributed by atoms with Crippen LogP contribution in [0.5, 0.6) is 0 Å². The van der Waals surface area contributed by atoms with Crippen LogP contribution in [0, 0.1) is 11.3 Å². The Kier molecular flexibility index (Phi) is 3.30. The highest BCUT2D eigenvalue weighted by Crippen LogP contribution is 1.93. The molecular formula is C7H13N3O. The van der Waals surface area contributed by atoms with Gasteiger partial charge in [0.05, 0.1) is 19.3 Å². The zero-order valence-electron chi connectivity index (χ0n) is 6.71. The summed E-state index contributed by atoms with van der Waals surface area (Å²) in [5.41, 5.74) is 3.06. The number of rotatable bonds is 2. The smallest absolute Gasteiger partial charge is 0.105 e. The van der Waals surface area contributed by atoms with Gasteiger partial charge < -0.3 is 4.74 Å². The van der Waals surface area contributed by atoms with E-state index in [2.05, 4.69) is 11.5 Å². The average molecular weight is 155 g/mol. The van der Waals surface area contributed by atoms with Gasteiger partial charge in [-0.15, -0.1) is 0 Å². The van der Waals surface area contributed by atoms with E-state index < -0.39 is 0 Å². The van der Waals surface area contributed by atoms with Gasteiger partial charge in [-0.05, 0) is 6.92 Å². The lowest BCUT2D eigenvalue weighted by Crippen LogP contribution is -2.48. The van der Waals surface area contributed by atoms with E-state index >= 15 is 0 Å². The standard InChI is InChI=1S/C7H13N3O/c1-7(6-8)9-10-2-4-11-5-3-10/h7,9H,2-5H2,1H3. The summed E-state index contributed by atoms with van der Waals surface area (Å²) in [6.07, 6.45) is 0. The van der Waals surface area contributed by atoms with Crippen LogP contribution in [0.1, 0.15) is 6.92 Å². The van der Waals surface area contributed by atoms with E-state index in [-0.39, 0.29) is 6.04 Å². The van der Waals surface area contributed by atoms with Gasteiger partial charge in [0.15, 0.2) is 0 Å². The van der Waals surface area contributed by atoms with Crippen molar-refractivity contribution in [3.05, 3.63) is 0 Å². The van der Waals surface area contributed by atoms with Crippen molar-refractivity contribution in [2.24, 2.45) is 0 Å². The van der Waals surface area contributed by atoms with Crippen LogP contribution < -0.4 is 5.43 Å². The maximum absolute atomic E-state index is 8.50. The lowest BCUT2D eigenvalue weighted by molar-refractivity contribution is 0.00890. The van der Waals surface area contributed by atoms with E-state index in [0.29, 0.717) is 0 Å². The minimum atomic E-state index is -0.104. The molecule has 0 aliphatic carbocycles. The van der Waals surface area contributed by atoms with Crippen molar-refractivity contribution < 1.29 is 4.74 Å². The summed E-state index contributed by atoms with van der Waals surface area (Å²) in [7, 11) is 0.